The number of thiophene rings is 1. The van der Waals surface area contributed by atoms with Crippen molar-refractivity contribution in [3.63, 3.8) is 0 Å². The van der Waals surface area contributed by atoms with Crippen molar-refractivity contribution in [2.45, 2.75) is 0 Å². The van der Waals surface area contributed by atoms with Crippen LogP contribution in [0.2, 0.25) is 0 Å². The van der Waals surface area contributed by atoms with Gasteiger partial charge in [-0.1, -0.05) is 12.1 Å². The van der Waals surface area contributed by atoms with Crippen molar-refractivity contribution in [3.8, 4) is 22.1 Å². The van der Waals surface area contributed by atoms with Gasteiger partial charge in [-0.15, -0.1) is 11.3 Å². The zero-order valence-corrected chi connectivity index (χ0v) is 15.2. The summed E-state index contributed by atoms with van der Waals surface area (Å²) in [6.07, 6.45) is 7.09. The second-order valence-electron chi connectivity index (χ2n) is 5.62. The standard InChI is InChI=1S/C19H17N5OS/c1-23(14-5-3-6-15(11-14)25-2)18-16(17-7-4-10-26-17)12-21-19(22-18)24-9-8-20-13-24/h3-13H,1-2H3. The summed E-state index contributed by atoms with van der Waals surface area (Å²) in [5.41, 5.74) is 1.96. The van der Waals surface area contributed by atoms with Gasteiger partial charge in [0.2, 0.25) is 5.95 Å². The fourth-order valence-electron chi connectivity index (χ4n) is 2.67. The third-order valence-electron chi connectivity index (χ3n) is 4.04. The van der Waals surface area contributed by atoms with Gasteiger partial charge < -0.3 is 9.64 Å². The lowest BCUT2D eigenvalue weighted by atomic mass is 10.2. The Balaban J connectivity index is 1.84. The van der Waals surface area contributed by atoms with Crippen LogP contribution >= 0.6 is 11.3 Å². The number of imidazole rings is 1. The molecule has 4 rings (SSSR count). The van der Waals surface area contributed by atoms with E-state index in [4.69, 9.17) is 9.72 Å². The molecule has 1 aromatic carbocycles. The van der Waals surface area contributed by atoms with E-state index in [1.165, 1.54) is 0 Å². The average molecular weight is 363 g/mol. The van der Waals surface area contributed by atoms with Gasteiger partial charge in [0.05, 0.1) is 12.7 Å². The highest BCUT2D eigenvalue weighted by molar-refractivity contribution is 7.13. The fraction of sp³-hybridized carbons (Fsp3) is 0.105. The first kappa shape index (κ1) is 16.3. The number of rotatable bonds is 5. The van der Waals surface area contributed by atoms with Crippen molar-refractivity contribution in [3.05, 3.63) is 66.7 Å². The number of anilines is 2. The largest absolute Gasteiger partial charge is 0.497 e. The maximum Gasteiger partial charge on any atom is 0.236 e. The Morgan fingerprint density at radius 3 is 2.85 bits per heavy atom. The summed E-state index contributed by atoms with van der Waals surface area (Å²) >= 11 is 1.66. The summed E-state index contributed by atoms with van der Waals surface area (Å²) in [7, 11) is 3.66. The third kappa shape index (κ3) is 3.04. The molecule has 0 unspecified atom stereocenters. The zero-order valence-electron chi connectivity index (χ0n) is 14.4. The van der Waals surface area contributed by atoms with E-state index in [0.717, 1.165) is 27.7 Å². The van der Waals surface area contributed by atoms with Gasteiger partial charge in [0.1, 0.15) is 17.9 Å². The topological polar surface area (TPSA) is 56.1 Å². The Kier molecular flexibility index (Phi) is 4.37. The normalized spacial score (nSPS) is 10.7. The molecular formula is C19H17N5OS. The highest BCUT2D eigenvalue weighted by atomic mass is 32.1. The second kappa shape index (κ2) is 6.97. The number of methoxy groups -OCH3 is 1. The quantitative estimate of drug-likeness (QED) is 0.533. The van der Waals surface area contributed by atoms with Crippen molar-refractivity contribution >= 4 is 22.8 Å². The monoisotopic (exact) mass is 363 g/mol. The predicted octanol–water partition coefficient (Wildman–Crippen LogP) is 4.17. The molecule has 0 fully saturated rings. The van der Waals surface area contributed by atoms with Gasteiger partial charge in [-0.2, -0.15) is 4.98 Å². The molecule has 26 heavy (non-hydrogen) atoms. The molecular weight excluding hydrogens is 346 g/mol. The number of benzene rings is 1. The zero-order chi connectivity index (χ0) is 17.9. The van der Waals surface area contributed by atoms with Gasteiger partial charge >= 0.3 is 0 Å². The minimum Gasteiger partial charge on any atom is -0.497 e. The van der Waals surface area contributed by atoms with E-state index < -0.39 is 0 Å². The molecule has 0 saturated heterocycles. The Bertz CT molecular complexity index is 999. The predicted molar refractivity (Wildman–Crippen MR) is 104 cm³/mol. The van der Waals surface area contributed by atoms with Crippen LogP contribution in [0.5, 0.6) is 5.75 Å². The molecule has 0 saturated carbocycles. The van der Waals surface area contributed by atoms with Gasteiger partial charge in [-0.3, -0.25) is 4.57 Å². The second-order valence-corrected chi connectivity index (χ2v) is 6.56. The SMILES string of the molecule is COc1cccc(N(C)c2nc(-n3ccnc3)ncc2-c2cccs2)c1. The Hall–Kier alpha value is -3.19. The molecule has 7 heteroatoms. The van der Waals surface area contributed by atoms with E-state index in [2.05, 4.69) is 21.4 Å². The lowest BCUT2D eigenvalue weighted by Gasteiger charge is -2.22. The highest BCUT2D eigenvalue weighted by Gasteiger charge is 2.16. The molecule has 0 amide bonds. The molecule has 3 aromatic heterocycles. The lowest BCUT2D eigenvalue weighted by Crippen LogP contribution is -2.14. The third-order valence-corrected chi connectivity index (χ3v) is 4.94. The van der Waals surface area contributed by atoms with Crippen LogP contribution in [0.1, 0.15) is 0 Å². The Morgan fingerprint density at radius 2 is 2.12 bits per heavy atom. The van der Waals surface area contributed by atoms with Crippen molar-refractivity contribution in [2.75, 3.05) is 19.1 Å². The van der Waals surface area contributed by atoms with Crippen molar-refractivity contribution in [1.29, 1.82) is 0 Å². The van der Waals surface area contributed by atoms with Gasteiger partial charge in [0.15, 0.2) is 0 Å². The van der Waals surface area contributed by atoms with Crippen LogP contribution in [0.15, 0.2) is 66.7 Å². The summed E-state index contributed by atoms with van der Waals surface area (Å²) in [5.74, 6) is 2.20. The molecule has 3 heterocycles. The van der Waals surface area contributed by atoms with Crippen LogP contribution in [0, 0.1) is 0 Å². The molecule has 0 aliphatic heterocycles. The van der Waals surface area contributed by atoms with Crippen molar-refractivity contribution in [1.82, 2.24) is 19.5 Å². The van der Waals surface area contributed by atoms with E-state index in [-0.39, 0.29) is 0 Å². The number of hydrogen-bond acceptors (Lipinski definition) is 6. The molecule has 0 N–H and O–H groups in total. The maximum atomic E-state index is 5.36. The summed E-state index contributed by atoms with van der Waals surface area (Å²) in [4.78, 5) is 16.6. The van der Waals surface area contributed by atoms with E-state index in [1.54, 1.807) is 35.5 Å². The highest BCUT2D eigenvalue weighted by Crippen LogP contribution is 2.35. The Labute approximate surface area is 155 Å². The lowest BCUT2D eigenvalue weighted by molar-refractivity contribution is 0.415. The van der Waals surface area contributed by atoms with Gasteiger partial charge in [0.25, 0.3) is 0 Å². The van der Waals surface area contributed by atoms with Crippen LogP contribution < -0.4 is 9.64 Å². The number of nitrogens with zero attached hydrogens (tertiary/aromatic N) is 5. The number of ether oxygens (including phenoxy) is 1. The summed E-state index contributed by atoms with van der Waals surface area (Å²) in [5, 5.41) is 2.05. The van der Waals surface area contributed by atoms with E-state index in [1.807, 2.05) is 54.7 Å². The van der Waals surface area contributed by atoms with Crippen LogP contribution in [0.3, 0.4) is 0 Å². The van der Waals surface area contributed by atoms with Crippen LogP contribution in [0.25, 0.3) is 16.4 Å². The van der Waals surface area contributed by atoms with Crippen LogP contribution in [0.4, 0.5) is 11.5 Å². The smallest absolute Gasteiger partial charge is 0.236 e. The average Bonchev–Trinajstić information content (AvgIpc) is 3.41. The molecule has 0 radical (unpaired) electrons. The minimum atomic E-state index is 0.576. The summed E-state index contributed by atoms with van der Waals surface area (Å²) < 4.78 is 7.15. The number of aromatic nitrogens is 4. The molecule has 0 spiro atoms. The van der Waals surface area contributed by atoms with E-state index in [9.17, 15) is 0 Å². The van der Waals surface area contributed by atoms with E-state index >= 15 is 0 Å². The first-order valence-electron chi connectivity index (χ1n) is 8.03. The molecule has 6 nitrogen and oxygen atoms in total. The van der Waals surface area contributed by atoms with Crippen LogP contribution in [-0.2, 0) is 0 Å². The first-order chi connectivity index (χ1) is 12.8. The van der Waals surface area contributed by atoms with Gasteiger partial charge in [-0.05, 0) is 23.6 Å². The Morgan fingerprint density at radius 1 is 1.19 bits per heavy atom. The summed E-state index contributed by atoms with van der Waals surface area (Å²) in [6, 6.07) is 12.0. The van der Waals surface area contributed by atoms with Crippen LogP contribution in [-0.4, -0.2) is 33.7 Å². The number of hydrogen-bond donors (Lipinski definition) is 0. The molecule has 0 aliphatic rings. The van der Waals surface area contributed by atoms with E-state index in [0.29, 0.717) is 5.95 Å². The fourth-order valence-corrected chi connectivity index (χ4v) is 3.40. The minimum absolute atomic E-state index is 0.576. The van der Waals surface area contributed by atoms with Gasteiger partial charge in [-0.25, -0.2) is 9.97 Å². The van der Waals surface area contributed by atoms with Crippen molar-refractivity contribution < 1.29 is 4.74 Å². The molecule has 0 aliphatic carbocycles. The molecule has 130 valence electrons. The molecule has 0 atom stereocenters. The summed E-state index contributed by atoms with van der Waals surface area (Å²) in [6.45, 7) is 0. The molecule has 4 aromatic rings. The van der Waals surface area contributed by atoms with Gasteiger partial charge in [0, 0.05) is 42.3 Å². The molecule has 0 bridgehead atoms. The van der Waals surface area contributed by atoms with Crippen molar-refractivity contribution in [2.24, 2.45) is 0 Å². The first-order valence-corrected chi connectivity index (χ1v) is 8.91. The maximum absolute atomic E-state index is 5.36.